The Balaban J connectivity index is 1.72. The van der Waals surface area contributed by atoms with Crippen LogP contribution in [0.5, 0.6) is 0 Å². The second kappa shape index (κ2) is 11.7. The third kappa shape index (κ3) is 6.65. The van der Waals surface area contributed by atoms with Gasteiger partial charge in [-0.2, -0.15) is 5.10 Å². The first-order valence-electron chi connectivity index (χ1n) is 11.3. The predicted molar refractivity (Wildman–Crippen MR) is 137 cm³/mol. The largest absolute Gasteiger partial charge is 0.455 e. The van der Waals surface area contributed by atoms with Gasteiger partial charge in [0.25, 0.3) is 28.9 Å². The molecule has 2 N–H and O–H groups in total. The minimum Gasteiger partial charge on any atom is -0.455 e. The van der Waals surface area contributed by atoms with Gasteiger partial charge >= 0.3 is 0 Å². The van der Waals surface area contributed by atoms with Crippen LogP contribution in [-0.2, 0) is 4.79 Å². The monoisotopic (exact) mass is 538 g/mol. The fraction of sp³-hybridized carbons (Fsp3) is 0.208. The van der Waals surface area contributed by atoms with Gasteiger partial charge in [-0.05, 0) is 25.0 Å². The lowest BCUT2D eigenvalue weighted by Crippen LogP contribution is -2.48. The van der Waals surface area contributed by atoms with Gasteiger partial charge in [0.2, 0.25) is 0 Å². The zero-order valence-corrected chi connectivity index (χ0v) is 20.8. The van der Waals surface area contributed by atoms with Crippen molar-refractivity contribution in [3.8, 4) is 11.3 Å². The van der Waals surface area contributed by atoms with E-state index in [1.54, 1.807) is 39.0 Å². The number of amides is 2. The van der Waals surface area contributed by atoms with Gasteiger partial charge in [-0.3, -0.25) is 39.9 Å². The second-order valence-electron chi connectivity index (χ2n) is 8.59. The molecule has 3 aromatic rings. The maximum absolute atomic E-state index is 12.7. The molecule has 0 spiro atoms. The Morgan fingerprint density at radius 1 is 0.949 bits per heavy atom. The number of nitrogens with one attached hydrogen (secondary N) is 2. The minimum atomic E-state index is -1.15. The maximum atomic E-state index is 12.7. The molecule has 39 heavy (non-hydrogen) atoms. The van der Waals surface area contributed by atoms with Crippen molar-refractivity contribution in [1.29, 1.82) is 0 Å². The molecule has 0 aliphatic carbocycles. The van der Waals surface area contributed by atoms with Crippen molar-refractivity contribution in [2.45, 2.75) is 26.8 Å². The number of nitro groups is 3. The van der Waals surface area contributed by atoms with E-state index in [0.29, 0.717) is 16.9 Å². The molecule has 1 aromatic heterocycles. The highest BCUT2D eigenvalue weighted by molar-refractivity contribution is 5.98. The van der Waals surface area contributed by atoms with Crippen molar-refractivity contribution >= 4 is 35.1 Å². The van der Waals surface area contributed by atoms with Crippen LogP contribution in [0.2, 0.25) is 0 Å². The number of hydrogen-bond donors (Lipinski definition) is 2. The molecule has 0 bridgehead atoms. The Labute approximate surface area is 220 Å². The number of non-ortho nitro benzene ring substituents is 2. The van der Waals surface area contributed by atoms with Crippen LogP contribution in [0.15, 0.2) is 58.0 Å². The van der Waals surface area contributed by atoms with E-state index in [4.69, 9.17) is 4.42 Å². The third-order valence-electron chi connectivity index (χ3n) is 5.58. The number of rotatable bonds is 10. The second-order valence-corrected chi connectivity index (χ2v) is 8.59. The van der Waals surface area contributed by atoms with Crippen LogP contribution in [0.3, 0.4) is 0 Å². The molecule has 0 aliphatic rings. The summed E-state index contributed by atoms with van der Waals surface area (Å²) in [7, 11) is 0. The minimum absolute atomic E-state index is 0.0622. The van der Waals surface area contributed by atoms with E-state index in [-0.39, 0.29) is 17.0 Å². The molecule has 0 radical (unpaired) electrons. The molecule has 3 rings (SSSR count). The van der Waals surface area contributed by atoms with Crippen molar-refractivity contribution in [2.75, 3.05) is 0 Å². The number of hydrogen-bond acceptors (Lipinski definition) is 10. The molecule has 0 aliphatic heterocycles. The molecule has 1 atom stereocenters. The molecule has 15 nitrogen and oxygen atoms in total. The molecule has 0 fully saturated rings. The molecule has 202 valence electrons. The number of benzene rings is 2. The Hall–Kier alpha value is -5.47. The lowest BCUT2D eigenvalue weighted by Gasteiger charge is -2.20. The summed E-state index contributed by atoms with van der Waals surface area (Å²) in [6.45, 7) is 4.85. The summed E-state index contributed by atoms with van der Waals surface area (Å²) < 4.78 is 5.66. The van der Waals surface area contributed by atoms with Crippen LogP contribution in [0.4, 0.5) is 17.1 Å². The molecular formula is C24H22N6O9. The fourth-order valence-corrected chi connectivity index (χ4v) is 3.58. The van der Waals surface area contributed by atoms with E-state index in [2.05, 4.69) is 15.8 Å². The van der Waals surface area contributed by atoms with Crippen LogP contribution in [0, 0.1) is 43.2 Å². The normalized spacial score (nSPS) is 11.8. The average molecular weight is 538 g/mol. The Morgan fingerprint density at radius 3 is 2.15 bits per heavy atom. The number of hydrazone groups is 1. The molecule has 1 heterocycles. The first-order valence-corrected chi connectivity index (χ1v) is 11.3. The van der Waals surface area contributed by atoms with E-state index < -0.39 is 49.9 Å². The van der Waals surface area contributed by atoms with Gasteiger partial charge in [-0.15, -0.1) is 0 Å². The van der Waals surface area contributed by atoms with E-state index in [1.165, 1.54) is 18.3 Å². The first kappa shape index (κ1) is 28.1. The zero-order valence-electron chi connectivity index (χ0n) is 20.8. The van der Waals surface area contributed by atoms with E-state index in [1.807, 2.05) is 0 Å². The van der Waals surface area contributed by atoms with Crippen LogP contribution in [0.25, 0.3) is 11.3 Å². The van der Waals surface area contributed by atoms with Gasteiger partial charge in [-0.25, -0.2) is 5.43 Å². The summed E-state index contributed by atoms with van der Waals surface area (Å²) in [4.78, 5) is 56.6. The number of furan rings is 1. The molecule has 0 saturated heterocycles. The summed E-state index contributed by atoms with van der Waals surface area (Å²) in [5.74, 6) is -1.53. The van der Waals surface area contributed by atoms with E-state index in [0.717, 1.165) is 18.2 Å². The maximum Gasteiger partial charge on any atom is 0.277 e. The van der Waals surface area contributed by atoms with Gasteiger partial charge in [0.1, 0.15) is 17.6 Å². The average Bonchev–Trinajstić information content (AvgIpc) is 3.34. The first-order chi connectivity index (χ1) is 18.4. The predicted octanol–water partition coefficient (Wildman–Crippen LogP) is 3.88. The summed E-state index contributed by atoms with van der Waals surface area (Å²) in [6, 6.07) is 9.01. The van der Waals surface area contributed by atoms with Gasteiger partial charge in [0.15, 0.2) is 0 Å². The summed E-state index contributed by atoms with van der Waals surface area (Å²) in [6.07, 6.45) is 1.19. The Morgan fingerprint density at radius 2 is 1.59 bits per heavy atom. The number of carbonyl (C=O) groups excluding carboxylic acids is 2. The van der Waals surface area contributed by atoms with Crippen molar-refractivity contribution in [3.05, 3.63) is 95.8 Å². The number of nitro benzene ring substituents is 3. The van der Waals surface area contributed by atoms with E-state index >= 15 is 0 Å². The van der Waals surface area contributed by atoms with Crippen molar-refractivity contribution in [1.82, 2.24) is 10.7 Å². The van der Waals surface area contributed by atoms with Crippen molar-refractivity contribution in [3.63, 3.8) is 0 Å². The van der Waals surface area contributed by atoms with Crippen LogP contribution >= 0.6 is 0 Å². The molecule has 0 unspecified atom stereocenters. The summed E-state index contributed by atoms with van der Waals surface area (Å²) in [5.41, 5.74) is 1.46. The van der Waals surface area contributed by atoms with Crippen molar-refractivity contribution in [2.24, 2.45) is 11.0 Å². The highest BCUT2D eigenvalue weighted by Crippen LogP contribution is 2.30. The Kier molecular flexibility index (Phi) is 8.45. The lowest BCUT2D eigenvalue weighted by atomic mass is 10.0. The molecule has 15 heteroatoms. The van der Waals surface area contributed by atoms with Gasteiger partial charge in [0, 0.05) is 29.3 Å². The van der Waals surface area contributed by atoms with Crippen LogP contribution in [0.1, 0.15) is 35.5 Å². The fourth-order valence-electron chi connectivity index (χ4n) is 3.58. The van der Waals surface area contributed by atoms with Gasteiger partial charge < -0.3 is 9.73 Å². The highest BCUT2D eigenvalue weighted by atomic mass is 16.6. The molecule has 2 aromatic carbocycles. The van der Waals surface area contributed by atoms with Crippen LogP contribution in [-0.4, -0.2) is 38.8 Å². The topological polar surface area (TPSA) is 213 Å². The highest BCUT2D eigenvalue weighted by Gasteiger charge is 2.27. The molecule has 2 amide bonds. The standard InChI is InChI=1S/C24H22N6O9/c1-13(2)22(26-23(31)15-9-16(28(33)34)11-17(10-15)29(35)36)24(32)27-25-12-18-7-8-21(39-18)19-5-4-6-20(14(19)3)30(37)38/h4-13,22H,1-3H3,(H,26,31)(H,27,32)/b25-12-/t22-/m1/s1. The third-order valence-corrected chi connectivity index (χ3v) is 5.58. The summed E-state index contributed by atoms with van der Waals surface area (Å²) in [5, 5.41) is 39.6. The quantitative estimate of drug-likeness (QED) is 0.217. The van der Waals surface area contributed by atoms with Crippen LogP contribution < -0.4 is 10.7 Å². The number of nitrogens with zero attached hydrogens (tertiary/aromatic N) is 4. The zero-order chi connectivity index (χ0) is 28.9. The van der Waals surface area contributed by atoms with Gasteiger partial charge in [-0.1, -0.05) is 26.0 Å². The lowest BCUT2D eigenvalue weighted by molar-refractivity contribution is -0.394. The van der Waals surface area contributed by atoms with E-state index in [9.17, 15) is 39.9 Å². The summed E-state index contributed by atoms with van der Waals surface area (Å²) >= 11 is 0. The number of carbonyl (C=O) groups is 2. The molecular weight excluding hydrogens is 516 g/mol. The SMILES string of the molecule is Cc1c(-c2ccc(/C=N\NC(=O)[C@H](NC(=O)c3cc([N+](=O)[O-])cc([N+](=O)[O-])c3)C(C)C)o2)cccc1[N+](=O)[O-]. The van der Waals surface area contributed by atoms with Gasteiger partial charge in [0.05, 0.1) is 32.6 Å². The smallest absolute Gasteiger partial charge is 0.277 e. The molecule has 0 saturated carbocycles. The Bertz CT molecular complexity index is 1460. The van der Waals surface area contributed by atoms with Crippen molar-refractivity contribution < 1.29 is 28.8 Å².